The van der Waals surface area contributed by atoms with Crippen LogP contribution in [0.1, 0.15) is 24.5 Å². The molecule has 23 heteroatoms. The lowest BCUT2D eigenvalue weighted by molar-refractivity contribution is -0.395. The number of hydrogen-bond acceptors (Lipinski definition) is 17. The normalized spacial score (nSPS) is 13.5. The van der Waals surface area contributed by atoms with Crippen LogP contribution in [-0.2, 0) is 32.1 Å². The Morgan fingerprint density at radius 3 is 1.76 bits per heavy atom. The Morgan fingerprint density at radius 1 is 0.824 bits per heavy atom. The van der Waals surface area contributed by atoms with Gasteiger partial charge in [0.1, 0.15) is 25.0 Å². The number of aliphatic hydroxyl groups is 1. The van der Waals surface area contributed by atoms with E-state index in [0.717, 1.165) is 12.1 Å². The molecule has 0 aromatic heterocycles. The largest absolute Gasteiger partial charge is 0.490 e. The molecule has 0 spiro atoms. The first-order valence-electron chi connectivity index (χ1n) is 15.2. The molecule has 0 bridgehead atoms. The topological polar surface area (TPSA) is 278 Å². The van der Waals surface area contributed by atoms with Gasteiger partial charge in [-0.15, -0.1) is 0 Å². The molecule has 0 aliphatic heterocycles. The van der Waals surface area contributed by atoms with Crippen molar-refractivity contribution in [2.24, 2.45) is 11.1 Å². The van der Waals surface area contributed by atoms with Gasteiger partial charge in [-0.25, -0.2) is 0 Å². The maximum absolute atomic E-state index is 12.6. The van der Waals surface area contributed by atoms with Gasteiger partial charge in [-0.2, -0.15) is 0 Å². The first-order chi connectivity index (χ1) is 23.8. The maximum Gasteiger partial charge on any atom is 0.490 e. The number of nitrogens with zero attached hydrogens (tertiary/aromatic N) is 5. The van der Waals surface area contributed by atoms with Crippen LogP contribution in [-0.4, -0.2) is 100 Å². The highest BCUT2D eigenvalue weighted by atomic mass is 28.5. The average Bonchev–Trinajstić information content (AvgIpc) is 3.37. The van der Waals surface area contributed by atoms with Gasteiger partial charge in [-0.05, 0) is 33.0 Å². The Labute approximate surface area is 292 Å². The van der Waals surface area contributed by atoms with Crippen LogP contribution in [0.5, 0.6) is 0 Å². The van der Waals surface area contributed by atoms with Crippen LogP contribution in [0.15, 0.2) is 29.4 Å². The number of ether oxygens (including phenoxy) is 2. The second kappa shape index (κ2) is 16.9. The van der Waals surface area contributed by atoms with Crippen LogP contribution in [0.2, 0.25) is 25.7 Å². The number of non-ortho nitro benzene ring substituents is 2. The Kier molecular flexibility index (Phi) is 13.5. The Bertz CT molecular complexity index is 1630. The molecule has 1 aliphatic carbocycles. The number of rotatable bonds is 20. The summed E-state index contributed by atoms with van der Waals surface area (Å²) in [4.78, 5) is 61.0. The summed E-state index contributed by atoms with van der Waals surface area (Å²) >= 11 is 0. The molecule has 21 nitrogen and oxygen atoms in total. The summed E-state index contributed by atoms with van der Waals surface area (Å²) in [6.45, 7) is 6.63. The fourth-order valence-corrected chi connectivity index (χ4v) is 11.0. The van der Waals surface area contributed by atoms with Gasteiger partial charge >= 0.3 is 14.8 Å². The van der Waals surface area contributed by atoms with Crippen molar-refractivity contribution < 1.29 is 56.9 Å². The van der Waals surface area contributed by atoms with Crippen molar-refractivity contribution in [3.8, 4) is 11.1 Å². The lowest BCUT2D eigenvalue weighted by atomic mass is 10.0. The molecule has 0 fully saturated rings. The number of nitro groups is 4. The zero-order valence-corrected chi connectivity index (χ0v) is 30.5. The van der Waals surface area contributed by atoms with Crippen molar-refractivity contribution in [2.75, 3.05) is 40.6 Å². The highest BCUT2D eigenvalue weighted by Crippen LogP contribution is 2.50. The second-order valence-corrected chi connectivity index (χ2v) is 19.9. The van der Waals surface area contributed by atoms with Crippen LogP contribution in [0, 0.1) is 46.4 Å². The summed E-state index contributed by atoms with van der Waals surface area (Å²) in [6.07, 6.45) is -0.644. The van der Waals surface area contributed by atoms with E-state index < -0.39 is 108 Å². The summed E-state index contributed by atoms with van der Waals surface area (Å²) in [6, 6.07) is 3.45. The molecule has 2 aromatic rings. The molecular weight excluding hydrogens is 718 g/mol. The molecular formula is C28H37N5O16Si2. The number of aliphatic hydroxyl groups excluding tert-OH is 1. The lowest BCUT2D eigenvalue weighted by Gasteiger charge is -2.33. The quantitative estimate of drug-likeness (QED) is 0.0558. The third kappa shape index (κ3) is 10.1. The van der Waals surface area contributed by atoms with Gasteiger partial charge in [0.25, 0.3) is 22.7 Å². The average molecular weight is 756 g/mol. The molecule has 0 saturated heterocycles. The molecule has 278 valence electrons. The minimum absolute atomic E-state index is 0.148. The van der Waals surface area contributed by atoms with Crippen LogP contribution < -0.4 is 0 Å². The first-order valence-corrected chi connectivity index (χ1v) is 20.6. The van der Waals surface area contributed by atoms with Crippen molar-refractivity contribution in [3.63, 3.8) is 0 Å². The highest BCUT2D eigenvalue weighted by molar-refractivity contribution is 6.79. The van der Waals surface area contributed by atoms with Crippen LogP contribution in [0.4, 0.5) is 22.7 Å². The predicted molar refractivity (Wildman–Crippen MR) is 181 cm³/mol. The van der Waals surface area contributed by atoms with Crippen LogP contribution >= 0.6 is 0 Å². The predicted octanol–water partition coefficient (Wildman–Crippen LogP) is 4.10. The third-order valence-corrected chi connectivity index (χ3v) is 13.1. The molecule has 0 heterocycles. The Morgan fingerprint density at radius 2 is 1.33 bits per heavy atom. The second-order valence-electron chi connectivity index (χ2n) is 12.2. The van der Waals surface area contributed by atoms with E-state index in [4.69, 9.17) is 27.3 Å². The van der Waals surface area contributed by atoms with Gasteiger partial charge in [0.15, 0.2) is 8.32 Å². The minimum atomic E-state index is -2.86. The highest BCUT2D eigenvalue weighted by Gasteiger charge is 2.43. The number of oxime groups is 1. The number of carbonyl (C=O) groups is 1. The summed E-state index contributed by atoms with van der Waals surface area (Å²) in [5, 5.41) is 61.1. The summed E-state index contributed by atoms with van der Waals surface area (Å²) in [5.74, 6) is -1.84. The number of carbonyl (C=O) groups excluding carboxylic acids is 1. The molecule has 0 saturated carbocycles. The van der Waals surface area contributed by atoms with Gasteiger partial charge in [0.2, 0.25) is 0 Å². The molecule has 3 rings (SSSR count). The van der Waals surface area contributed by atoms with Crippen molar-refractivity contribution in [1.82, 2.24) is 0 Å². The molecule has 0 radical (unpaired) electrons. The summed E-state index contributed by atoms with van der Waals surface area (Å²) < 4.78 is 27.9. The standard InChI is InChI=1S/C28H37N5O16Si2/c1-17(28(35)47-16-20(34)15-46-8-7-9-51(44-2,45-3)49-50(4,5)6)14-48-29-27-21-10-18(30(36)37)12-23(32(40)41)25(21)26-22(27)11-19(31(38)39)13-24(26)33(42)43/h10-13,17,20,34H,7-9,14-16H2,1-6H3. The van der Waals surface area contributed by atoms with Gasteiger partial charge < -0.3 is 32.4 Å². The lowest BCUT2D eigenvalue weighted by Crippen LogP contribution is -2.51. The van der Waals surface area contributed by atoms with Gasteiger partial charge in [0.05, 0.1) is 55.5 Å². The van der Waals surface area contributed by atoms with E-state index in [1.807, 2.05) is 19.6 Å². The molecule has 1 aliphatic rings. The maximum atomic E-state index is 12.6. The first kappa shape index (κ1) is 40.6. The molecule has 2 unspecified atom stereocenters. The zero-order chi connectivity index (χ0) is 38.3. The van der Waals surface area contributed by atoms with E-state index in [1.54, 1.807) is 0 Å². The SMILES string of the molecule is CO[Si](CCCOCC(O)COC(=O)C(C)CON=C1c2cc([N+](=O)[O-])cc([N+](=O)[O-])c2-c2c1cc([N+](=O)[O-])cc2[N+](=O)[O-])(OC)O[Si](C)(C)C. The number of benzene rings is 2. The van der Waals surface area contributed by atoms with Crippen molar-refractivity contribution >= 4 is 51.6 Å². The number of esters is 1. The fraction of sp³-hybridized carbons (Fsp3) is 0.500. The third-order valence-electron chi connectivity index (χ3n) is 7.25. The number of hydrogen-bond donors (Lipinski definition) is 1. The van der Waals surface area contributed by atoms with Gasteiger partial charge in [-0.1, -0.05) is 5.16 Å². The Balaban J connectivity index is 1.69. The molecule has 2 atom stereocenters. The fourth-order valence-electron chi connectivity index (χ4n) is 5.01. The smallest absolute Gasteiger partial charge is 0.463 e. The molecule has 1 N–H and O–H groups in total. The number of nitro benzene ring substituents is 4. The van der Waals surface area contributed by atoms with E-state index in [1.165, 1.54) is 21.1 Å². The van der Waals surface area contributed by atoms with E-state index in [-0.39, 0.29) is 24.3 Å². The van der Waals surface area contributed by atoms with E-state index in [9.17, 15) is 50.4 Å². The minimum Gasteiger partial charge on any atom is -0.463 e. The molecule has 2 aromatic carbocycles. The van der Waals surface area contributed by atoms with E-state index >= 15 is 0 Å². The Hall–Kier alpha value is -4.79. The molecule has 0 amide bonds. The summed E-state index contributed by atoms with van der Waals surface area (Å²) in [5.41, 5.74) is -5.17. The monoisotopic (exact) mass is 755 g/mol. The van der Waals surface area contributed by atoms with E-state index in [2.05, 4.69) is 5.16 Å². The van der Waals surface area contributed by atoms with E-state index in [0.29, 0.717) is 24.6 Å². The van der Waals surface area contributed by atoms with Crippen LogP contribution in [0.25, 0.3) is 11.1 Å². The van der Waals surface area contributed by atoms with Crippen molar-refractivity contribution in [3.05, 3.63) is 75.8 Å². The number of fused-ring (bicyclic) bond motifs is 3. The van der Waals surface area contributed by atoms with Gasteiger partial charge in [-0.3, -0.25) is 45.3 Å². The molecule has 51 heavy (non-hydrogen) atoms. The summed E-state index contributed by atoms with van der Waals surface area (Å²) in [7, 11) is -1.74. The zero-order valence-electron chi connectivity index (χ0n) is 28.5. The van der Waals surface area contributed by atoms with Crippen molar-refractivity contribution in [1.29, 1.82) is 0 Å². The van der Waals surface area contributed by atoms with Crippen LogP contribution in [0.3, 0.4) is 0 Å². The van der Waals surface area contributed by atoms with Crippen molar-refractivity contribution in [2.45, 2.75) is 45.1 Å². The van der Waals surface area contributed by atoms with Gasteiger partial charge in [0, 0.05) is 50.1 Å².